The molecule has 1 N–H and O–H groups in total. The third-order valence-corrected chi connectivity index (χ3v) is 5.97. The van der Waals surface area contributed by atoms with Crippen LogP contribution in [0.25, 0.3) is 0 Å². The summed E-state index contributed by atoms with van der Waals surface area (Å²) in [6, 6.07) is 8.77. The number of benzene rings is 1. The van der Waals surface area contributed by atoms with Crippen molar-refractivity contribution in [2.24, 2.45) is 0 Å². The van der Waals surface area contributed by atoms with Crippen LogP contribution in [-0.4, -0.2) is 61.0 Å². The predicted octanol–water partition coefficient (Wildman–Crippen LogP) is 3.25. The molecule has 0 saturated carbocycles. The van der Waals surface area contributed by atoms with E-state index in [2.05, 4.69) is 56.9 Å². The first-order valence-electron chi connectivity index (χ1n) is 10.6. The van der Waals surface area contributed by atoms with Crippen LogP contribution in [0.3, 0.4) is 0 Å². The van der Waals surface area contributed by atoms with Crippen molar-refractivity contribution in [2.45, 2.75) is 71.7 Å². The van der Waals surface area contributed by atoms with Crippen LogP contribution < -0.4 is 10.4 Å². The first kappa shape index (κ1) is 22.0. The smallest absolute Gasteiger partial charge is 0.460 e. The van der Waals surface area contributed by atoms with Crippen LogP contribution in [0.1, 0.15) is 54.9 Å². The fourth-order valence-electron chi connectivity index (χ4n) is 3.55. The van der Waals surface area contributed by atoms with Crippen molar-refractivity contribution in [2.75, 3.05) is 31.1 Å². The zero-order valence-corrected chi connectivity index (χ0v) is 19.0. The zero-order valence-electron chi connectivity index (χ0n) is 19.0. The number of hydrogen-bond donors (Lipinski definition) is 1. The molecule has 2 saturated heterocycles. The molecule has 2 aliphatic rings. The largest absolute Gasteiger partial charge is 0.494 e. The van der Waals surface area contributed by atoms with Gasteiger partial charge in [-0.2, -0.15) is 0 Å². The van der Waals surface area contributed by atoms with Gasteiger partial charge in [0.1, 0.15) is 5.60 Å². The first-order valence-corrected chi connectivity index (χ1v) is 10.6. The molecule has 3 rings (SSSR count). The highest BCUT2D eigenvalue weighted by Crippen LogP contribution is 2.36. The fraction of sp³-hybridized carbons (Fsp3) is 0.682. The third kappa shape index (κ3) is 5.07. The van der Waals surface area contributed by atoms with Gasteiger partial charge in [0.05, 0.1) is 11.2 Å². The summed E-state index contributed by atoms with van der Waals surface area (Å²) in [6.45, 7) is 17.7. The minimum absolute atomic E-state index is 0.274. The Balaban J connectivity index is 1.62. The minimum Gasteiger partial charge on any atom is -0.460 e. The van der Waals surface area contributed by atoms with Gasteiger partial charge in [-0.05, 0) is 72.5 Å². The lowest BCUT2D eigenvalue weighted by atomic mass is 9.79. The molecule has 160 valence electrons. The summed E-state index contributed by atoms with van der Waals surface area (Å²) < 4.78 is 18.1. The van der Waals surface area contributed by atoms with Crippen LogP contribution in [0.2, 0.25) is 0 Å². The summed E-state index contributed by atoms with van der Waals surface area (Å²) in [5.41, 5.74) is 1.24. The molecule has 1 aromatic rings. The fourth-order valence-corrected chi connectivity index (χ4v) is 3.55. The van der Waals surface area contributed by atoms with Crippen molar-refractivity contribution < 1.29 is 14.0 Å². The first-order chi connectivity index (χ1) is 13.4. The van der Waals surface area contributed by atoms with Gasteiger partial charge in [-0.25, -0.2) is 0 Å². The number of ether oxygens (including phenoxy) is 1. The monoisotopic (exact) mass is 401 g/mol. The van der Waals surface area contributed by atoms with E-state index in [1.54, 1.807) is 0 Å². The molecule has 7 heteroatoms. The lowest BCUT2D eigenvalue weighted by molar-refractivity contribution is 0.00578. The molecule has 0 unspecified atom stereocenters. The average molecular weight is 401 g/mol. The van der Waals surface area contributed by atoms with Gasteiger partial charge in [0.15, 0.2) is 0 Å². The normalized spacial score (nSPS) is 21.8. The number of anilines is 1. The summed E-state index contributed by atoms with van der Waals surface area (Å²) >= 11 is 0. The standard InChI is InChI=1S/C22H36BN3O3/c1-20(2,3)27-19(24)26-14-8-13-25(15-16-26)18-11-9-17(10-12-18)23-28-21(4,5)22(6,7)29-23/h9-12,24H,8,13-16H2,1-7H3. The van der Waals surface area contributed by atoms with Crippen LogP contribution in [-0.2, 0) is 14.0 Å². The van der Waals surface area contributed by atoms with E-state index in [-0.39, 0.29) is 29.9 Å². The molecule has 2 heterocycles. The van der Waals surface area contributed by atoms with Gasteiger partial charge >= 0.3 is 7.12 Å². The lowest BCUT2D eigenvalue weighted by Gasteiger charge is -2.32. The Labute approximate surface area is 176 Å². The van der Waals surface area contributed by atoms with E-state index in [4.69, 9.17) is 19.5 Å². The molecule has 0 bridgehead atoms. The average Bonchev–Trinajstić information content (AvgIpc) is 2.78. The van der Waals surface area contributed by atoms with Crippen molar-refractivity contribution in [1.82, 2.24) is 4.90 Å². The van der Waals surface area contributed by atoms with Gasteiger partial charge in [0.25, 0.3) is 6.02 Å². The second-order valence-corrected chi connectivity index (χ2v) is 10.0. The molecular formula is C22H36BN3O3. The molecule has 2 aliphatic heterocycles. The molecule has 1 aromatic carbocycles. The second kappa shape index (κ2) is 7.84. The Kier molecular flexibility index (Phi) is 5.94. The quantitative estimate of drug-likeness (QED) is 0.469. The summed E-state index contributed by atoms with van der Waals surface area (Å²) in [7, 11) is -0.330. The van der Waals surface area contributed by atoms with E-state index in [0.29, 0.717) is 0 Å². The molecule has 2 fully saturated rings. The van der Waals surface area contributed by atoms with Gasteiger partial charge in [0, 0.05) is 31.9 Å². The molecular weight excluding hydrogens is 365 g/mol. The molecule has 6 nitrogen and oxygen atoms in total. The zero-order chi connectivity index (χ0) is 21.4. The van der Waals surface area contributed by atoms with Crippen LogP contribution in [0, 0.1) is 5.41 Å². The summed E-state index contributed by atoms with van der Waals surface area (Å²) in [5.74, 6) is 0. The Morgan fingerprint density at radius 2 is 1.55 bits per heavy atom. The van der Waals surface area contributed by atoms with E-state index in [0.717, 1.165) is 38.1 Å². The molecule has 0 amide bonds. The van der Waals surface area contributed by atoms with Crippen LogP contribution in [0.5, 0.6) is 0 Å². The van der Waals surface area contributed by atoms with Crippen molar-refractivity contribution in [3.05, 3.63) is 24.3 Å². The van der Waals surface area contributed by atoms with E-state index < -0.39 is 0 Å². The van der Waals surface area contributed by atoms with Crippen molar-refractivity contribution in [3.8, 4) is 0 Å². The maximum absolute atomic E-state index is 8.25. The van der Waals surface area contributed by atoms with Gasteiger partial charge in [-0.3, -0.25) is 5.41 Å². The Morgan fingerprint density at radius 1 is 0.966 bits per heavy atom. The minimum atomic E-state index is -0.341. The highest BCUT2D eigenvalue weighted by Gasteiger charge is 2.51. The highest BCUT2D eigenvalue weighted by molar-refractivity contribution is 6.62. The summed E-state index contributed by atoms with van der Waals surface area (Å²) in [6.07, 6.45) is 0.995. The molecule has 0 aliphatic carbocycles. The Hall–Kier alpha value is -1.73. The van der Waals surface area contributed by atoms with Crippen LogP contribution in [0.15, 0.2) is 24.3 Å². The van der Waals surface area contributed by atoms with Crippen LogP contribution >= 0.6 is 0 Å². The number of nitrogens with one attached hydrogen (secondary N) is 1. The number of rotatable bonds is 2. The molecule has 29 heavy (non-hydrogen) atoms. The summed E-state index contributed by atoms with van der Waals surface area (Å²) in [4.78, 5) is 4.41. The number of nitrogens with zero attached hydrogens (tertiary/aromatic N) is 2. The van der Waals surface area contributed by atoms with E-state index in [1.807, 2.05) is 25.7 Å². The molecule has 0 atom stereocenters. The van der Waals surface area contributed by atoms with Crippen molar-refractivity contribution >= 4 is 24.3 Å². The topological polar surface area (TPSA) is 58.0 Å². The summed E-state index contributed by atoms with van der Waals surface area (Å²) in [5, 5.41) is 8.25. The maximum Gasteiger partial charge on any atom is 0.494 e. The SMILES string of the molecule is CC(C)(C)OC(=N)N1CCCN(c2ccc(B3OC(C)(C)C(C)(C)O3)cc2)CC1. The highest BCUT2D eigenvalue weighted by atomic mass is 16.7. The van der Waals surface area contributed by atoms with E-state index >= 15 is 0 Å². The predicted molar refractivity (Wildman–Crippen MR) is 119 cm³/mol. The molecule has 0 spiro atoms. The third-order valence-electron chi connectivity index (χ3n) is 5.97. The Bertz CT molecular complexity index is 712. The molecule has 0 radical (unpaired) electrons. The van der Waals surface area contributed by atoms with E-state index in [9.17, 15) is 0 Å². The Morgan fingerprint density at radius 3 is 2.10 bits per heavy atom. The van der Waals surface area contributed by atoms with Crippen LogP contribution in [0.4, 0.5) is 5.69 Å². The van der Waals surface area contributed by atoms with Gasteiger partial charge in [-0.15, -0.1) is 0 Å². The van der Waals surface area contributed by atoms with Crippen molar-refractivity contribution in [3.63, 3.8) is 0 Å². The van der Waals surface area contributed by atoms with E-state index in [1.165, 1.54) is 5.69 Å². The van der Waals surface area contributed by atoms with Gasteiger partial charge in [-0.1, -0.05) is 12.1 Å². The maximum atomic E-state index is 8.25. The molecule has 0 aromatic heterocycles. The van der Waals surface area contributed by atoms with Gasteiger partial charge in [0.2, 0.25) is 0 Å². The van der Waals surface area contributed by atoms with Crippen molar-refractivity contribution in [1.29, 1.82) is 5.41 Å². The lowest BCUT2D eigenvalue weighted by Crippen LogP contribution is -2.41. The van der Waals surface area contributed by atoms with Gasteiger partial charge < -0.3 is 23.8 Å². The second-order valence-electron chi connectivity index (χ2n) is 10.0. The number of amidine groups is 1. The number of hydrogen-bond acceptors (Lipinski definition) is 5.